The van der Waals surface area contributed by atoms with Crippen LogP contribution >= 0.6 is 24.2 Å². The lowest BCUT2D eigenvalue weighted by Gasteiger charge is -2.08. The Labute approximate surface area is 140 Å². The van der Waals surface area contributed by atoms with Gasteiger partial charge in [0.05, 0.1) is 6.61 Å². The molecular weight excluding hydrogens is 300 g/mol. The summed E-state index contributed by atoms with van der Waals surface area (Å²) in [6.45, 7) is 3.04. The smallest absolute Gasteiger partial charge is 0.132 e. The highest BCUT2D eigenvalue weighted by Crippen LogP contribution is 2.26. The molecule has 120 valence electrons. The maximum Gasteiger partial charge on any atom is 0.132 e. The number of ether oxygens (including phenoxy) is 1. The summed E-state index contributed by atoms with van der Waals surface area (Å²) in [6.07, 6.45) is 13.4. The van der Waals surface area contributed by atoms with Gasteiger partial charge in [0.25, 0.3) is 0 Å². The first-order valence-electron chi connectivity index (χ1n) is 8.35. The summed E-state index contributed by atoms with van der Waals surface area (Å²) in [5.74, 6) is 0.832. The molecule has 1 nitrogen and oxygen atoms in total. The van der Waals surface area contributed by atoms with Gasteiger partial charge in [-0.25, -0.2) is 0 Å². The summed E-state index contributed by atoms with van der Waals surface area (Å²) < 4.78 is 5.73. The van der Waals surface area contributed by atoms with Crippen molar-refractivity contribution >= 4 is 24.2 Å². The Hall–Kier alpha value is -0.340. The van der Waals surface area contributed by atoms with Crippen LogP contribution in [0.1, 0.15) is 71.1 Å². The molecule has 0 radical (unpaired) electrons. The second-order valence-electron chi connectivity index (χ2n) is 5.64. The molecular formula is C18H29ClOS. The Morgan fingerprint density at radius 1 is 0.905 bits per heavy atom. The van der Waals surface area contributed by atoms with Gasteiger partial charge >= 0.3 is 0 Å². The molecule has 0 aliphatic heterocycles. The second kappa shape index (κ2) is 12.2. The van der Waals surface area contributed by atoms with E-state index in [-0.39, 0.29) is 0 Å². The largest absolute Gasteiger partial charge is 0.492 e. The summed E-state index contributed by atoms with van der Waals surface area (Å²) in [6, 6.07) is 5.55. The lowest BCUT2D eigenvalue weighted by Crippen LogP contribution is -1.98. The van der Waals surface area contributed by atoms with Gasteiger partial charge in [-0.1, -0.05) is 76.3 Å². The molecule has 0 spiro atoms. The van der Waals surface area contributed by atoms with Crippen LogP contribution in [0.25, 0.3) is 0 Å². The molecule has 1 aromatic rings. The lowest BCUT2D eigenvalue weighted by molar-refractivity contribution is 0.298. The fraction of sp³-hybridized carbons (Fsp3) is 0.667. The molecule has 0 aliphatic carbocycles. The van der Waals surface area contributed by atoms with E-state index in [1.807, 2.05) is 18.2 Å². The van der Waals surface area contributed by atoms with Crippen LogP contribution in [0, 0.1) is 0 Å². The monoisotopic (exact) mass is 328 g/mol. The van der Waals surface area contributed by atoms with E-state index in [1.165, 1.54) is 57.8 Å². The minimum atomic E-state index is 0.700. The van der Waals surface area contributed by atoms with Gasteiger partial charge in [0.1, 0.15) is 5.75 Å². The van der Waals surface area contributed by atoms with Gasteiger partial charge < -0.3 is 4.74 Å². The number of rotatable bonds is 12. The maximum atomic E-state index is 5.88. The molecule has 3 heteroatoms. The number of benzene rings is 1. The van der Waals surface area contributed by atoms with Gasteiger partial charge in [-0.3, -0.25) is 0 Å². The van der Waals surface area contributed by atoms with Crippen LogP contribution in [0.15, 0.2) is 23.1 Å². The van der Waals surface area contributed by atoms with Crippen LogP contribution in [0.5, 0.6) is 5.75 Å². The molecule has 0 saturated heterocycles. The van der Waals surface area contributed by atoms with Crippen molar-refractivity contribution in [3.05, 3.63) is 23.2 Å². The summed E-state index contributed by atoms with van der Waals surface area (Å²) in [7, 11) is 0. The van der Waals surface area contributed by atoms with Crippen molar-refractivity contribution in [3.8, 4) is 5.75 Å². The van der Waals surface area contributed by atoms with Gasteiger partial charge in [-0.2, -0.15) is 0 Å². The van der Waals surface area contributed by atoms with Gasteiger partial charge in [0, 0.05) is 9.92 Å². The van der Waals surface area contributed by atoms with Gasteiger partial charge in [0.2, 0.25) is 0 Å². The number of thiol groups is 1. The molecule has 0 unspecified atom stereocenters. The number of hydrogen-bond acceptors (Lipinski definition) is 2. The van der Waals surface area contributed by atoms with Crippen molar-refractivity contribution < 1.29 is 4.74 Å². The van der Waals surface area contributed by atoms with Crippen LogP contribution < -0.4 is 4.74 Å². The topological polar surface area (TPSA) is 9.23 Å². The van der Waals surface area contributed by atoms with Gasteiger partial charge in [0.15, 0.2) is 0 Å². The standard InChI is InChI=1S/C18H29ClOS/c1-2-3-4-5-6-7-8-9-10-11-14-20-17-13-12-16(19)15-18(17)21/h12-13,15,21H,2-11,14H2,1H3. The molecule has 1 aromatic carbocycles. The zero-order chi connectivity index (χ0) is 15.3. The van der Waals surface area contributed by atoms with E-state index in [1.54, 1.807) is 0 Å². The van der Waals surface area contributed by atoms with E-state index >= 15 is 0 Å². The average molecular weight is 329 g/mol. The summed E-state index contributed by atoms with van der Waals surface area (Å²) in [5, 5.41) is 0.700. The number of halogens is 1. The molecule has 21 heavy (non-hydrogen) atoms. The van der Waals surface area contributed by atoms with Crippen LogP contribution in [-0.2, 0) is 0 Å². The molecule has 0 saturated carbocycles. The highest BCUT2D eigenvalue weighted by Gasteiger charge is 2.00. The van der Waals surface area contributed by atoms with Crippen molar-refractivity contribution in [1.82, 2.24) is 0 Å². The summed E-state index contributed by atoms with van der Waals surface area (Å²) >= 11 is 10.2. The third kappa shape index (κ3) is 9.31. The highest BCUT2D eigenvalue weighted by molar-refractivity contribution is 7.80. The van der Waals surface area contributed by atoms with Crippen LogP contribution in [-0.4, -0.2) is 6.61 Å². The minimum absolute atomic E-state index is 0.700. The molecule has 0 bridgehead atoms. The zero-order valence-corrected chi connectivity index (χ0v) is 14.9. The molecule has 0 aromatic heterocycles. The van der Waals surface area contributed by atoms with E-state index in [0.29, 0.717) is 5.02 Å². The Kier molecular flexibility index (Phi) is 10.9. The Balaban J connectivity index is 1.93. The molecule has 0 atom stereocenters. The molecule has 0 fully saturated rings. The maximum absolute atomic E-state index is 5.88. The normalized spacial score (nSPS) is 10.8. The van der Waals surface area contributed by atoms with Crippen molar-refractivity contribution in [1.29, 1.82) is 0 Å². The SMILES string of the molecule is CCCCCCCCCCCCOc1ccc(Cl)cc1S. The van der Waals surface area contributed by atoms with Gasteiger partial charge in [-0.15, -0.1) is 12.6 Å². The predicted molar refractivity (Wildman–Crippen MR) is 96.0 cm³/mol. The second-order valence-corrected chi connectivity index (χ2v) is 6.56. The summed E-state index contributed by atoms with van der Waals surface area (Å²) in [4.78, 5) is 0.814. The molecule has 0 heterocycles. The van der Waals surface area contributed by atoms with Crippen molar-refractivity contribution in [2.24, 2.45) is 0 Å². The third-order valence-electron chi connectivity index (χ3n) is 3.68. The molecule has 0 aliphatic rings. The van der Waals surface area contributed by atoms with E-state index < -0.39 is 0 Å². The number of hydrogen-bond donors (Lipinski definition) is 1. The van der Waals surface area contributed by atoms with E-state index in [2.05, 4.69) is 19.6 Å². The first-order chi connectivity index (χ1) is 10.2. The predicted octanol–water partition coefficient (Wildman–Crippen LogP) is 6.93. The Morgan fingerprint density at radius 3 is 2.05 bits per heavy atom. The Bertz CT molecular complexity index is 381. The molecule has 0 amide bonds. The summed E-state index contributed by atoms with van der Waals surface area (Å²) in [5.41, 5.74) is 0. The highest BCUT2D eigenvalue weighted by atomic mass is 35.5. The average Bonchev–Trinajstić information content (AvgIpc) is 2.46. The first kappa shape index (κ1) is 18.7. The quantitative estimate of drug-likeness (QED) is 0.323. The van der Waals surface area contributed by atoms with E-state index in [0.717, 1.165) is 23.7 Å². The molecule has 0 N–H and O–H groups in total. The van der Waals surface area contributed by atoms with E-state index in [4.69, 9.17) is 16.3 Å². The lowest BCUT2D eigenvalue weighted by atomic mass is 10.1. The van der Waals surface area contributed by atoms with Crippen LogP contribution in [0.2, 0.25) is 5.02 Å². The van der Waals surface area contributed by atoms with Crippen LogP contribution in [0.3, 0.4) is 0 Å². The zero-order valence-electron chi connectivity index (χ0n) is 13.2. The minimum Gasteiger partial charge on any atom is -0.492 e. The fourth-order valence-electron chi connectivity index (χ4n) is 2.38. The van der Waals surface area contributed by atoms with Crippen molar-refractivity contribution in [2.75, 3.05) is 6.61 Å². The fourth-order valence-corrected chi connectivity index (χ4v) is 2.91. The first-order valence-corrected chi connectivity index (χ1v) is 9.18. The van der Waals surface area contributed by atoms with Crippen molar-refractivity contribution in [3.63, 3.8) is 0 Å². The Morgan fingerprint density at radius 2 is 1.48 bits per heavy atom. The van der Waals surface area contributed by atoms with Crippen molar-refractivity contribution in [2.45, 2.75) is 76.0 Å². The van der Waals surface area contributed by atoms with Gasteiger partial charge in [-0.05, 0) is 24.6 Å². The van der Waals surface area contributed by atoms with E-state index in [9.17, 15) is 0 Å². The number of unbranched alkanes of at least 4 members (excludes halogenated alkanes) is 9. The van der Waals surface area contributed by atoms with Crippen LogP contribution in [0.4, 0.5) is 0 Å². The third-order valence-corrected chi connectivity index (χ3v) is 4.26. The molecule has 1 rings (SSSR count).